The van der Waals surface area contributed by atoms with Crippen molar-refractivity contribution in [2.45, 2.75) is 6.92 Å². The number of phenols is 1. The molecule has 0 heterocycles. The minimum atomic E-state index is -0.510. The van der Waals surface area contributed by atoms with Crippen LogP contribution in [0.5, 0.6) is 5.75 Å². The van der Waals surface area contributed by atoms with Gasteiger partial charge in [0.15, 0.2) is 0 Å². The van der Waals surface area contributed by atoms with Crippen molar-refractivity contribution in [1.29, 1.82) is 0 Å². The van der Waals surface area contributed by atoms with Crippen LogP contribution in [-0.4, -0.2) is 15.9 Å². The first-order chi connectivity index (χ1) is 10.5. The van der Waals surface area contributed by atoms with E-state index in [0.717, 1.165) is 0 Å². The molecule has 0 aromatic heterocycles. The molecule has 112 valence electrons. The van der Waals surface area contributed by atoms with Gasteiger partial charge in [-0.3, -0.25) is 14.9 Å². The Morgan fingerprint density at radius 2 is 1.86 bits per heavy atom. The molecule has 2 N–H and O–H groups in total. The molecule has 1 amide bonds. The SMILES string of the molecule is CC(=O)Nc1ccc(O)c(N=Nc2ccc([N+](=O)[O-])cc2)c1. The van der Waals surface area contributed by atoms with Crippen molar-refractivity contribution >= 4 is 28.7 Å². The third kappa shape index (κ3) is 3.85. The second-order valence-corrected chi connectivity index (χ2v) is 4.36. The standard InChI is InChI=1S/C14H12N4O4/c1-9(19)15-11-4-7-14(20)13(8-11)17-16-10-2-5-12(6-3-10)18(21)22/h2-8,20H,1H3,(H,15,19). The third-order valence-corrected chi connectivity index (χ3v) is 2.63. The molecule has 0 saturated carbocycles. The maximum absolute atomic E-state index is 11.0. The number of azo groups is 1. The third-order valence-electron chi connectivity index (χ3n) is 2.63. The highest BCUT2D eigenvalue weighted by atomic mass is 16.6. The molecule has 0 radical (unpaired) electrons. The summed E-state index contributed by atoms with van der Waals surface area (Å²) in [4.78, 5) is 21.0. The van der Waals surface area contributed by atoms with Crippen LogP contribution in [-0.2, 0) is 4.79 Å². The van der Waals surface area contributed by atoms with Crippen molar-refractivity contribution in [3.8, 4) is 5.75 Å². The van der Waals surface area contributed by atoms with Crippen molar-refractivity contribution in [2.75, 3.05) is 5.32 Å². The molecule has 0 aliphatic heterocycles. The largest absolute Gasteiger partial charge is 0.506 e. The van der Waals surface area contributed by atoms with Crippen LogP contribution in [0.2, 0.25) is 0 Å². The minimum absolute atomic E-state index is 0.0468. The number of rotatable bonds is 4. The molecule has 0 aliphatic rings. The topological polar surface area (TPSA) is 117 Å². The number of anilines is 1. The lowest BCUT2D eigenvalue weighted by Gasteiger charge is -2.04. The fourth-order valence-electron chi connectivity index (χ4n) is 1.64. The van der Waals surface area contributed by atoms with Crippen molar-refractivity contribution in [3.63, 3.8) is 0 Å². The van der Waals surface area contributed by atoms with E-state index in [2.05, 4.69) is 15.5 Å². The molecule has 8 heteroatoms. The number of benzene rings is 2. The zero-order chi connectivity index (χ0) is 16.1. The van der Waals surface area contributed by atoms with Gasteiger partial charge in [0, 0.05) is 24.7 Å². The van der Waals surface area contributed by atoms with Crippen LogP contribution in [0, 0.1) is 10.1 Å². The van der Waals surface area contributed by atoms with Gasteiger partial charge >= 0.3 is 0 Å². The molecule has 2 aromatic rings. The van der Waals surface area contributed by atoms with E-state index in [1.54, 1.807) is 0 Å². The smallest absolute Gasteiger partial charge is 0.269 e. The number of nitro groups is 1. The van der Waals surface area contributed by atoms with E-state index in [1.165, 1.54) is 49.4 Å². The highest BCUT2D eigenvalue weighted by Gasteiger charge is 2.05. The Labute approximate surface area is 125 Å². The summed E-state index contributed by atoms with van der Waals surface area (Å²) < 4.78 is 0. The Balaban J connectivity index is 2.21. The number of carbonyl (C=O) groups is 1. The lowest BCUT2D eigenvalue weighted by atomic mass is 10.2. The molecule has 0 fully saturated rings. The van der Waals surface area contributed by atoms with E-state index >= 15 is 0 Å². The van der Waals surface area contributed by atoms with Crippen molar-refractivity contribution in [2.24, 2.45) is 10.2 Å². The highest BCUT2D eigenvalue weighted by Crippen LogP contribution is 2.31. The summed E-state index contributed by atoms with van der Waals surface area (Å²) in [5, 5.41) is 30.6. The number of nitrogens with zero attached hydrogens (tertiary/aromatic N) is 3. The van der Waals surface area contributed by atoms with E-state index in [-0.39, 0.29) is 23.0 Å². The number of hydrogen-bond donors (Lipinski definition) is 2. The zero-order valence-electron chi connectivity index (χ0n) is 11.6. The van der Waals surface area contributed by atoms with Crippen LogP contribution < -0.4 is 5.32 Å². The average molecular weight is 300 g/mol. The van der Waals surface area contributed by atoms with Crippen LogP contribution in [0.25, 0.3) is 0 Å². The van der Waals surface area contributed by atoms with Gasteiger partial charge in [0.1, 0.15) is 11.4 Å². The number of non-ortho nitro benzene ring substituents is 1. The van der Waals surface area contributed by atoms with Gasteiger partial charge in [-0.25, -0.2) is 0 Å². The Morgan fingerprint density at radius 1 is 1.18 bits per heavy atom. The maximum atomic E-state index is 11.0. The van der Waals surface area contributed by atoms with Crippen LogP contribution in [0.1, 0.15) is 6.92 Å². The van der Waals surface area contributed by atoms with E-state index < -0.39 is 4.92 Å². The summed E-state index contributed by atoms with van der Waals surface area (Å²) in [6.45, 7) is 1.37. The quantitative estimate of drug-likeness (QED) is 0.387. The van der Waals surface area contributed by atoms with E-state index in [9.17, 15) is 20.0 Å². The maximum Gasteiger partial charge on any atom is 0.269 e. The van der Waals surface area contributed by atoms with Gasteiger partial charge in [-0.1, -0.05) is 0 Å². The first kappa shape index (κ1) is 15.1. The van der Waals surface area contributed by atoms with Crippen LogP contribution in [0.4, 0.5) is 22.7 Å². The van der Waals surface area contributed by atoms with Gasteiger partial charge in [-0.15, -0.1) is 5.11 Å². The molecule has 0 spiro atoms. The summed E-state index contributed by atoms with van der Waals surface area (Å²) in [6.07, 6.45) is 0. The molecule has 0 bridgehead atoms. The molecule has 0 saturated heterocycles. The van der Waals surface area contributed by atoms with Crippen LogP contribution in [0.3, 0.4) is 0 Å². The van der Waals surface area contributed by atoms with Crippen molar-refractivity contribution < 1.29 is 14.8 Å². The first-order valence-electron chi connectivity index (χ1n) is 6.22. The van der Waals surface area contributed by atoms with Crippen LogP contribution in [0.15, 0.2) is 52.7 Å². The molecule has 0 atom stereocenters. The predicted molar refractivity (Wildman–Crippen MR) is 79.7 cm³/mol. The number of amides is 1. The van der Waals surface area contributed by atoms with Gasteiger partial charge in [-0.05, 0) is 30.3 Å². The Kier molecular flexibility index (Phi) is 4.42. The highest BCUT2D eigenvalue weighted by molar-refractivity contribution is 5.89. The van der Waals surface area contributed by atoms with Gasteiger partial charge in [0.05, 0.1) is 10.6 Å². The number of aromatic hydroxyl groups is 1. The monoisotopic (exact) mass is 300 g/mol. The summed E-state index contributed by atoms with van der Waals surface area (Å²) in [6, 6.07) is 9.87. The minimum Gasteiger partial charge on any atom is -0.506 e. The average Bonchev–Trinajstić information content (AvgIpc) is 2.47. The number of hydrogen-bond acceptors (Lipinski definition) is 6. The number of carbonyl (C=O) groups excluding carboxylic acids is 1. The second-order valence-electron chi connectivity index (χ2n) is 4.36. The molecule has 0 aliphatic carbocycles. The lowest BCUT2D eigenvalue weighted by molar-refractivity contribution is -0.384. The van der Waals surface area contributed by atoms with Crippen molar-refractivity contribution in [3.05, 3.63) is 52.6 Å². The molecule has 8 nitrogen and oxygen atoms in total. The number of phenolic OH excluding ortho intramolecular Hbond substituents is 1. The van der Waals surface area contributed by atoms with E-state index in [1.807, 2.05) is 0 Å². The summed E-state index contributed by atoms with van der Waals surface area (Å²) in [5.41, 5.74) is 0.997. The fraction of sp³-hybridized carbons (Fsp3) is 0.0714. The van der Waals surface area contributed by atoms with E-state index in [4.69, 9.17) is 0 Å². The summed E-state index contributed by atoms with van der Waals surface area (Å²) in [5.74, 6) is -0.344. The van der Waals surface area contributed by atoms with E-state index in [0.29, 0.717) is 11.4 Å². The van der Waals surface area contributed by atoms with Gasteiger partial charge in [0.25, 0.3) is 5.69 Å². The fourth-order valence-corrected chi connectivity index (χ4v) is 1.64. The Bertz CT molecular complexity index is 741. The molecule has 22 heavy (non-hydrogen) atoms. The predicted octanol–water partition coefficient (Wildman–Crippen LogP) is 3.67. The van der Waals surface area contributed by atoms with Crippen LogP contribution >= 0.6 is 0 Å². The molecular formula is C14H12N4O4. The number of nitro benzene ring substituents is 1. The zero-order valence-corrected chi connectivity index (χ0v) is 11.6. The molecule has 2 rings (SSSR count). The summed E-state index contributed by atoms with van der Waals surface area (Å²) in [7, 11) is 0. The summed E-state index contributed by atoms with van der Waals surface area (Å²) >= 11 is 0. The Hall–Kier alpha value is -3.29. The normalized spacial score (nSPS) is 10.6. The molecule has 0 unspecified atom stereocenters. The van der Waals surface area contributed by atoms with Gasteiger partial charge in [0.2, 0.25) is 5.91 Å². The second kappa shape index (κ2) is 6.44. The van der Waals surface area contributed by atoms with Gasteiger partial charge < -0.3 is 10.4 Å². The Morgan fingerprint density at radius 3 is 2.45 bits per heavy atom. The number of nitrogens with one attached hydrogen (secondary N) is 1. The van der Waals surface area contributed by atoms with Crippen molar-refractivity contribution in [1.82, 2.24) is 0 Å². The lowest BCUT2D eigenvalue weighted by Crippen LogP contribution is -2.05. The molecule has 2 aromatic carbocycles. The van der Waals surface area contributed by atoms with Gasteiger partial charge in [-0.2, -0.15) is 5.11 Å². The first-order valence-corrected chi connectivity index (χ1v) is 6.22. The molecular weight excluding hydrogens is 288 g/mol.